The summed E-state index contributed by atoms with van der Waals surface area (Å²) in [5.74, 6) is 1.05. The molecule has 1 aliphatic rings. The molecule has 0 fully saturated rings. The number of carbonyl (C=O) groups is 2. The third-order valence-corrected chi connectivity index (χ3v) is 9.37. The highest BCUT2D eigenvalue weighted by Gasteiger charge is 2.32. The Balaban J connectivity index is 1.96. The minimum absolute atomic E-state index is 0.00185. The zero-order valence-electron chi connectivity index (χ0n) is 34.1. The quantitative estimate of drug-likeness (QED) is 0.0446. The molecule has 4 aromatic rings. The number of hydrogen-bond acceptors (Lipinski definition) is 10. The molecule has 10 nitrogen and oxygen atoms in total. The Morgan fingerprint density at radius 1 is 0.579 bits per heavy atom. The van der Waals surface area contributed by atoms with Crippen molar-refractivity contribution in [3.63, 3.8) is 0 Å². The van der Waals surface area contributed by atoms with E-state index < -0.39 is 11.9 Å². The molecule has 0 heterocycles. The average molecular weight is 777 g/mol. The molecule has 57 heavy (non-hydrogen) atoms. The number of ether oxygens (including phenoxy) is 6. The van der Waals surface area contributed by atoms with Crippen LogP contribution in [0.4, 0.5) is 0 Å². The molecule has 4 N–H and O–H groups in total. The van der Waals surface area contributed by atoms with Crippen molar-refractivity contribution in [1.82, 2.24) is 0 Å². The third kappa shape index (κ3) is 9.35. The molecule has 4 aromatic carbocycles. The standard InChI is InChI=1S/C47H56N2O8/c1-7-15-41(50)56-46-37(28-48)44(54-23-11-5)35(26-39(46)52-21-9-3)33-20-19-32-31-18-14-13-17-30(31)25-34(32)43(33)36-27-40(53-22-10-4)47(57-42(51)16-8-2)38(29-49)45(36)55-24-12-6/h7-8,13-20,26-27H,9-12,21-25,28-29,48-49H2,1-6H3. The molecule has 0 aliphatic heterocycles. The molecule has 0 spiro atoms. The lowest BCUT2D eigenvalue weighted by atomic mass is 9.85. The first-order valence-electron chi connectivity index (χ1n) is 20.0. The Bertz CT molecular complexity index is 2120. The second-order valence-electron chi connectivity index (χ2n) is 13.6. The number of allylic oxidation sites excluding steroid dienone is 2. The number of hydrogen-bond donors (Lipinski definition) is 2. The molecule has 0 saturated heterocycles. The molecule has 5 rings (SSSR count). The molecule has 0 radical (unpaired) electrons. The molecule has 0 aromatic heterocycles. The molecule has 0 unspecified atom stereocenters. The Kier molecular flexibility index (Phi) is 15.3. The van der Waals surface area contributed by atoms with Crippen molar-refractivity contribution in [2.45, 2.75) is 86.7 Å². The van der Waals surface area contributed by atoms with Gasteiger partial charge in [0, 0.05) is 36.4 Å². The Hall–Kier alpha value is -5.58. The van der Waals surface area contributed by atoms with E-state index in [0.29, 0.717) is 72.5 Å². The summed E-state index contributed by atoms with van der Waals surface area (Å²) in [4.78, 5) is 26.0. The van der Waals surface area contributed by atoms with Crippen molar-refractivity contribution < 1.29 is 38.0 Å². The third-order valence-electron chi connectivity index (χ3n) is 9.37. The van der Waals surface area contributed by atoms with Crippen LogP contribution in [0.25, 0.3) is 33.4 Å². The fraction of sp³-hybridized carbons (Fsp3) is 0.362. The zero-order valence-corrected chi connectivity index (χ0v) is 34.1. The van der Waals surface area contributed by atoms with Gasteiger partial charge in [0.05, 0.1) is 37.6 Å². The maximum Gasteiger partial charge on any atom is 0.335 e. The van der Waals surface area contributed by atoms with Crippen LogP contribution in [0.2, 0.25) is 0 Å². The monoisotopic (exact) mass is 776 g/mol. The maximum absolute atomic E-state index is 13.0. The Morgan fingerprint density at radius 2 is 1.05 bits per heavy atom. The predicted molar refractivity (Wildman–Crippen MR) is 225 cm³/mol. The second kappa shape index (κ2) is 20.5. The number of fused-ring (bicyclic) bond motifs is 3. The van der Waals surface area contributed by atoms with Gasteiger partial charge in [0.25, 0.3) is 0 Å². The summed E-state index contributed by atoms with van der Waals surface area (Å²) in [6.07, 6.45) is 9.46. The number of carbonyl (C=O) groups excluding carboxylic acids is 2. The second-order valence-corrected chi connectivity index (χ2v) is 13.6. The number of rotatable bonds is 20. The van der Waals surface area contributed by atoms with Crippen molar-refractivity contribution in [2.24, 2.45) is 11.5 Å². The molecule has 0 bridgehead atoms. The van der Waals surface area contributed by atoms with Gasteiger partial charge in [-0.15, -0.1) is 0 Å². The molecule has 0 amide bonds. The molecule has 10 heteroatoms. The Labute approximate surface area is 336 Å². The molecule has 1 aliphatic carbocycles. The van der Waals surface area contributed by atoms with E-state index in [1.54, 1.807) is 26.0 Å². The van der Waals surface area contributed by atoms with Crippen molar-refractivity contribution >= 4 is 11.9 Å². The number of nitrogens with two attached hydrogens (primary N) is 2. The van der Waals surface area contributed by atoms with Gasteiger partial charge < -0.3 is 39.9 Å². The van der Waals surface area contributed by atoms with Gasteiger partial charge in [0.2, 0.25) is 0 Å². The van der Waals surface area contributed by atoms with Crippen LogP contribution in [0.15, 0.2) is 72.8 Å². The zero-order chi connectivity index (χ0) is 40.9. The molecular formula is C47H56N2O8. The highest BCUT2D eigenvalue weighted by molar-refractivity contribution is 5.99. The van der Waals surface area contributed by atoms with Gasteiger partial charge in [-0.25, -0.2) is 9.59 Å². The lowest BCUT2D eigenvalue weighted by Crippen LogP contribution is -2.14. The Morgan fingerprint density at radius 3 is 1.56 bits per heavy atom. The van der Waals surface area contributed by atoms with Crippen molar-refractivity contribution in [3.05, 3.63) is 95.1 Å². The van der Waals surface area contributed by atoms with Crippen LogP contribution in [0.5, 0.6) is 34.5 Å². The van der Waals surface area contributed by atoms with Crippen LogP contribution in [0, 0.1) is 0 Å². The summed E-state index contributed by atoms with van der Waals surface area (Å²) in [5, 5.41) is 0. The number of benzene rings is 4. The van der Waals surface area contributed by atoms with E-state index in [9.17, 15) is 9.59 Å². The lowest BCUT2D eigenvalue weighted by molar-refractivity contribution is -0.130. The van der Waals surface area contributed by atoms with E-state index in [-0.39, 0.29) is 24.6 Å². The fourth-order valence-corrected chi connectivity index (χ4v) is 6.99. The van der Waals surface area contributed by atoms with E-state index in [2.05, 4.69) is 24.3 Å². The lowest BCUT2D eigenvalue weighted by Gasteiger charge is -2.26. The van der Waals surface area contributed by atoms with Gasteiger partial charge in [0.1, 0.15) is 11.5 Å². The highest BCUT2D eigenvalue weighted by atomic mass is 16.6. The SMILES string of the molecule is CC=CC(=O)Oc1c(OCCC)cc(-c2ccc3c(c2-c2cc(OCCC)c(OC(=O)C=CC)c(CN)c2OCCC)Cc2ccccc2-3)c(OCCC)c1CN. The van der Waals surface area contributed by atoms with Crippen molar-refractivity contribution in [1.29, 1.82) is 0 Å². The summed E-state index contributed by atoms with van der Waals surface area (Å²) in [5.41, 5.74) is 21.7. The maximum atomic E-state index is 13.0. The first-order valence-corrected chi connectivity index (χ1v) is 20.0. The van der Waals surface area contributed by atoms with Gasteiger partial charge in [0.15, 0.2) is 23.0 Å². The summed E-state index contributed by atoms with van der Waals surface area (Å²) in [6.45, 7) is 13.1. The highest BCUT2D eigenvalue weighted by Crippen LogP contribution is 2.55. The van der Waals surface area contributed by atoms with Crippen LogP contribution >= 0.6 is 0 Å². The molecule has 302 valence electrons. The van der Waals surface area contributed by atoms with Gasteiger partial charge in [-0.3, -0.25) is 0 Å². The van der Waals surface area contributed by atoms with Crippen LogP contribution in [-0.2, 0) is 29.1 Å². The van der Waals surface area contributed by atoms with Crippen LogP contribution in [0.3, 0.4) is 0 Å². The molecule has 0 saturated carbocycles. The van der Waals surface area contributed by atoms with E-state index in [4.69, 9.17) is 39.9 Å². The van der Waals surface area contributed by atoms with E-state index in [1.165, 1.54) is 17.7 Å². The first-order chi connectivity index (χ1) is 27.8. The van der Waals surface area contributed by atoms with Crippen molar-refractivity contribution in [3.8, 4) is 67.9 Å². The van der Waals surface area contributed by atoms with E-state index >= 15 is 0 Å². The minimum atomic E-state index is -0.555. The van der Waals surface area contributed by atoms with Crippen LogP contribution in [0.1, 0.15) is 89.5 Å². The summed E-state index contributed by atoms with van der Waals surface area (Å²) >= 11 is 0. The largest absolute Gasteiger partial charge is 0.492 e. The first kappa shape index (κ1) is 42.6. The van der Waals surface area contributed by atoms with Gasteiger partial charge in [-0.1, -0.05) is 76.2 Å². The number of esters is 2. The summed E-state index contributed by atoms with van der Waals surface area (Å²) < 4.78 is 37.9. The normalized spacial score (nSPS) is 11.8. The van der Waals surface area contributed by atoms with Crippen LogP contribution in [-0.4, -0.2) is 38.4 Å². The summed E-state index contributed by atoms with van der Waals surface area (Å²) in [7, 11) is 0. The average Bonchev–Trinajstić information content (AvgIpc) is 3.59. The van der Waals surface area contributed by atoms with Crippen LogP contribution < -0.4 is 39.9 Å². The fourth-order valence-electron chi connectivity index (χ4n) is 6.99. The topological polar surface area (TPSA) is 142 Å². The van der Waals surface area contributed by atoms with E-state index in [1.807, 2.05) is 52.0 Å². The minimum Gasteiger partial charge on any atom is -0.492 e. The van der Waals surface area contributed by atoms with E-state index in [0.717, 1.165) is 59.1 Å². The smallest absolute Gasteiger partial charge is 0.335 e. The summed E-state index contributed by atoms with van der Waals surface area (Å²) in [6, 6.07) is 16.4. The van der Waals surface area contributed by atoms with Crippen molar-refractivity contribution in [2.75, 3.05) is 26.4 Å². The van der Waals surface area contributed by atoms with Gasteiger partial charge >= 0.3 is 11.9 Å². The van der Waals surface area contributed by atoms with Gasteiger partial charge in [-0.2, -0.15) is 0 Å². The van der Waals surface area contributed by atoms with Gasteiger partial charge in [-0.05, 0) is 91.5 Å². The predicted octanol–water partition coefficient (Wildman–Crippen LogP) is 9.63. The molecule has 0 atom stereocenters. The molecular weight excluding hydrogens is 721 g/mol.